The number of benzene rings is 2. The highest BCUT2D eigenvalue weighted by Crippen LogP contribution is 2.32. The lowest BCUT2D eigenvalue weighted by atomic mass is 10.0. The summed E-state index contributed by atoms with van der Waals surface area (Å²) >= 11 is 0. The van der Waals surface area contributed by atoms with Gasteiger partial charge in [-0.05, 0) is 67.5 Å². The van der Waals surface area contributed by atoms with E-state index in [2.05, 4.69) is 39.8 Å². The van der Waals surface area contributed by atoms with Crippen LogP contribution >= 0.6 is 0 Å². The molecule has 1 saturated heterocycles. The maximum atomic E-state index is 12.4. The SMILES string of the molecule is O=C(CC1CCCC1)Nc1cccc(N2CCC(NCc3ccc4c(c3)OCO4)CC2)c1. The summed E-state index contributed by atoms with van der Waals surface area (Å²) in [6.07, 6.45) is 7.80. The highest BCUT2D eigenvalue weighted by molar-refractivity contribution is 5.91. The van der Waals surface area contributed by atoms with Crippen LogP contribution in [0.5, 0.6) is 11.5 Å². The van der Waals surface area contributed by atoms with E-state index in [1.165, 1.54) is 36.9 Å². The molecule has 5 rings (SSSR count). The van der Waals surface area contributed by atoms with E-state index in [0.29, 0.717) is 25.2 Å². The van der Waals surface area contributed by atoms with E-state index in [-0.39, 0.29) is 5.91 Å². The predicted molar refractivity (Wildman–Crippen MR) is 126 cm³/mol. The van der Waals surface area contributed by atoms with Gasteiger partial charge in [-0.3, -0.25) is 4.79 Å². The molecule has 0 aromatic heterocycles. The van der Waals surface area contributed by atoms with Gasteiger partial charge in [-0.15, -0.1) is 0 Å². The third kappa shape index (κ3) is 5.18. The van der Waals surface area contributed by atoms with Crippen molar-refractivity contribution in [3.05, 3.63) is 48.0 Å². The number of rotatable bonds is 7. The monoisotopic (exact) mass is 435 g/mol. The Morgan fingerprint density at radius 3 is 2.62 bits per heavy atom. The van der Waals surface area contributed by atoms with Crippen LogP contribution in [0.3, 0.4) is 0 Å². The fraction of sp³-hybridized carbons (Fsp3) is 0.500. The highest BCUT2D eigenvalue weighted by atomic mass is 16.7. The Hall–Kier alpha value is -2.73. The minimum absolute atomic E-state index is 0.153. The van der Waals surface area contributed by atoms with Gasteiger partial charge in [0.1, 0.15) is 0 Å². The van der Waals surface area contributed by atoms with E-state index < -0.39 is 0 Å². The number of nitrogens with one attached hydrogen (secondary N) is 2. The predicted octanol–water partition coefficient (Wildman–Crippen LogP) is 4.69. The van der Waals surface area contributed by atoms with Gasteiger partial charge in [-0.2, -0.15) is 0 Å². The topological polar surface area (TPSA) is 62.8 Å². The molecule has 6 nitrogen and oxygen atoms in total. The minimum atomic E-state index is 0.153. The zero-order valence-electron chi connectivity index (χ0n) is 18.6. The van der Waals surface area contributed by atoms with Crippen LogP contribution in [0.25, 0.3) is 0 Å². The first-order chi connectivity index (χ1) is 15.7. The summed E-state index contributed by atoms with van der Waals surface area (Å²) in [6, 6.07) is 15.0. The van der Waals surface area contributed by atoms with Gasteiger partial charge in [0.05, 0.1) is 0 Å². The molecule has 0 spiro atoms. The van der Waals surface area contributed by atoms with E-state index in [0.717, 1.165) is 49.7 Å². The van der Waals surface area contributed by atoms with Crippen molar-refractivity contribution in [3.63, 3.8) is 0 Å². The lowest BCUT2D eigenvalue weighted by molar-refractivity contribution is -0.117. The summed E-state index contributed by atoms with van der Waals surface area (Å²) in [4.78, 5) is 14.8. The number of carbonyl (C=O) groups excluding carboxylic acids is 1. The fourth-order valence-electron chi connectivity index (χ4n) is 5.12. The van der Waals surface area contributed by atoms with Crippen LogP contribution in [0.4, 0.5) is 11.4 Å². The lowest BCUT2D eigenvalue weighted by Crippen LogP contribution is -2.42. The fourth-order valence-corrected chi connectivity index (χ4v) is 5.12. The number of piperidine rings is 1. The summed E-state index contributed by atoms with van der Waals surface area (Å²) in [5.74, 6) is 2.40. The quantitative estimate of drug-likeness (QED) is 0.661. The summed E-state index contributed by atoms with van der Waals surface area (Å²) in [6.45, 7) is 3.18. The van der Waals surface area contributed by atoms with Crippen molar-refractivity contribution in [2.45, 2.75) is 57.5 Å². The largest absolute Gasteiger partial charge is 0.454 e. The lowest BCUT2D eigenvalue weighted by Gasteiger charge is -2.34. The Morgan fingerprint density at radius 1 is 0.969 bits per heavy atom. The van der Waals surface area contributed by atoms with Gasteiger partial charge in [0.25, 0.3) is 0 Å². The average Bonchev–Trinajstić information content (AvgIpc) is 3.50. The van der Waals surface area contributed by atoms with E-state index >= 15 is 0 Å². The molecule has 2 aromatic rings. The van der Waals surface area contributed by atoms with Crippen LogP contribution < -0.4 is 25.0 Å². The number of ether oxygens (including phenoxy) is 2. The maximum absolute atomic E-state index is 12.4. The Morgan fingerprint density at radius 2 is 1.78 bits per heavy atom. The molecule has 170 valence electrons. The van der Waals surface area contributed by atoms with Crippen LogP contribution in [0.1, 0.15) is 50.5 Å². The third-order valence-corrected chi connectivity index (χ3v) is 6.97. The Kier molecular flexibility index (Phi) is 6.49. The molecular weight excluding hydrogens is 402 g/mol. The van der Waals surface area contributed by atoms with E-state index in [4.69, 9.17) is 9.47 Å². The second-order valence-electron chi connectivity index (χ2n) is 9.28. The van der Waals surface area contributed by atoms with Crippen LogP contribution in [0.15, 0.2) is 42.5 Å². The molecule has 3 aliphatic rings. The molecule has 2 heterocycles. The van der Waals surface area contributed by atoms with E-state index in [9.17, 15) is 4.79 Å². The summed E-state index contributed by atoms with van der Waals surface area (Å²) < 4.78 is 10.9. The summed E-state index contributed by atoms with van der Waals surface area (Å²) in [5.41, 5.74) is 3.32. The molecule has 0 atom stereocenters. The number of hydrogen-bond acceptors (Lipinski definition) is 5. The molecule has 0 unspecified atom stereocenters. The molecule has 1 amide bonds. The summed E-state index contributed by atoms with van der Waals surface area (Å²) in [5, 5.41) is 6.81. The number of carbonyl (C=O) groups is 1. The standard InChI is InChI=1S/C26H33N3O3/c30-26(15-19-4-1-2-5-19)28-22-6-3-7-23(16-22)29-12-10-21(11-13-29)27-17-20-8-9-24-25(14-20)32-18-31-24/h3,6-9,14,16,19,21,27H,1-2,4-5,10-13,15,17-18H2,(H,28,30). The number of nitrogens with zero attached hydrogens (tertiary/aromatic N) is 1. The third-order valence-electron chi connectivity index (χ3n) is 6.97. The first kappa shape index (κ1) is 21.1. The molecule has 1 aliphatic carbocycles. The van der Waals surface area contributed by atoms with Crippen LogP contribution in [-0.2, 0) is 11.3 Å². The highest BCUT2D eigenvalue weighted by Gasteiger charge is 2.21. The smallest absolute Gasteiger partial charge is 0.231 e. The van der Waals surface area contributed by atoms with Crippen molar-refractivity contribution in [3.8, 4) is 11.5 Å². The second kappa shape index (κ2) is 9.82. The Labute approximate surface area is 190 Å². The molecule has 32 heavy (non-hydrogen) atoms. The van der Waals surface area contributed by atoms with E-state index in [1.807, 2.05) is 18.2 Å². The molecule has 2 N–H and O–H groups in total. The van der Waals surface area contributed by atoms with Crippen molar-refractivity contribution in [1.29, 1.82) is 0 Å². The first-order valence-electron chi connectivity index (χ1n) is 12.0. The van der Waals surface area contributed by atoms with Crippen molar-refractivity contribution >= 4 is 17.3 Å². The molecule has 0 bridgehead atoms. The van der Waals surface area contributed by atoms with Crippen molar-refractivity contribution in [1.82, 2.24) is 5.32 Å². The molecule has 2 fully saturated rings. The summed E-state index contributed by atoms with van der Waals surface area (Å²) in [7, 11) is 0. The molecule has 1 saturated carbocycles. The van der Waals surface area contributed by atoms with Gasteiger partial charge in [-0.25, -0.2) is 0 Å². The minimum Gasteiger partial charge on any atom is -0.454 e. The van der Waals surface area contributed by atoms with Crippen LogP contribution in [-0.4, -0.2) is 31.8 Å². The molecule has 2 aromatic carbocycles. The average molecular weight is 436 g/mol. The molecule has 6 heteroatoms. The molecule has 2 aliphatic heterocycles. The molecule has 0 radical (unpaired) electrons. The Bertz CT molecular complexity index is 934. The zero-order chi connectivity index (χ0) is 21.8. The van der Waals surface area contributed by atoms with Crippen molar-refractivity contribution in [2.75, 3.05) is 30.1 Å². The van der Waals surface area contributed by atoms with Gasteiger partial charge in [0.2, 0.25) is 12.7 Å². The van der Waals surface area contributed by atoms with Gasteiger partial charge in [0, 0.05) is 43.5 Å². The normalized spacial score (nSPS) is 18.8. The number of fused-ring (bicyclic) bond motifs is 1. The van der Waals surface area contributed by atoms with Crippen LogP contribution in [0, 0.1) is 5.92 Å². The number of anilines is 2. The van der Waals surface area contributed by atoms with Crippen molar-refractivity contribution < 1.29 is 14.3 Å². The number of amides is 1. The van der Waals surface area contributed by atoms with Crippen molar-refractivity contribution in [2.24, 2.45) is 5.92 Å². The van der Waals surface area contributed by atoms with Gasteiger partial charge < -0.3 is 25.0 Å². The second-order valence-corrected chi connectivity index (χ2v) is 9.28. The van der Waals surface area contributed by atoms with Gasteiger partial charge >= 0.3 is 0 Å². The molecular formula is C26H33N3O3. The van der Waals surface area contributed by atoms with Crippen LogP contribution in [0.2, 0.25) is 0 Å². The van der Waals surface area contributed by atoms with E-state index in [1.54, 1.807) is 0 Å². The maximum Gasteiger partial charge on any atom is 0.231 e. The zero-order valence-corrected chi connectivity index (χ0v) is 18.6. The van der Waals surface area contributed by atoms with Gasteiger partial charge in [-0.1, -0.05) is 25.0 Å². The first-order valence-corrected chi connectivity index (χ1v) is 12.0. The van der Waals surface area contributed by atoms with Gasteiger partial charge in [0.15, 0.2) is 11.5 Å². The Balaban J connectivity index is 1.09. The number of hydrogen-bond donors (Lipinski definition) is 2.